The fourth-order valence-electron chi connectivity index (χ4n) is 2.52. The zero-order valence-corrected chi connectivity index (χ0v) is 12.3. The first-order chi connectivity index (χ1) is 9.70. The molecule has 3 N–H and O–H groups in total. The van der Waals surface area contributed by atoms with Crippen LogP contribution in [-0.2, 0) is 4.79 Å². The lowest BCUT2D eigenvalue weighted by Gasteiger charge is -2.37. The van der Waals surface area contributed by atoms with Crippen LogP contribution < -0.4 is 11.1 Å². The maximum atomic E-state index is 12.2. The Kier molecular flexibility index (Phi) is 5.56. The van der Waals surface area contributed by atoms with E-state index < -0.39 is 0 Å². The van der Waals surface area contributed by atoms with Crippen LogP contribution in [0.1, 0.15) is 31.2 Å². The van der Waals surface area contributed by atoms with Gasteiger partial charge in [-0.1, -0.05) is 24.6 Å². The molecular formula is C16H25N3O. The molecule has 0 bridgehead atoms. The van der Waals surface area contributed by atoms with Gasteiger partial charge in [0.25, 0.3) is 0 Å². The summed E-state index contributed by atoms with van der Waals surface area (Å²) in [4.78, 5) is 14.5. The molecule has 1 aromatic carbocycles. The highest BCUT2D eigenvalue weighted by molar-refractivity contribution is 5.92. The van der Waals surface area contributed by atoms with Crippen LogP contribution in [0, 0.1) is 6.92 Å². The number of aryl methyl sites for hydroxylation is 1. The molecule has 0 aromatic heterocycles. The molecule has 0 aliphatic heterocycles. The number of nitrogens with zero attached hydrogens (tertiary/aromatic N) is 1. The second-order valence-electron chi connectivity index (χ2n) is 5.56. The van der Waals surface area contributed by atoms with Crippen LogP contribution in [0.4, 0.5) is 5.69 Å². The summed E-state index contributed by atoms with van der Waals surface area (Å²) in [6.07, 6.45) is 4.65. The quantitative estimate of drug-likeness (QED) is 0.801. The summed E-state index contributed by atoms with van der Waals surface area (Å²) in [5.74, 6) is 0.0724. The van der Waals surface area contributed by atoms with Gasteiger partial charge in [0.2, 0.25) is 5.91 Å². The Morgan fingerprint density at radius 2 is 2.15 bits per heavy atom. The molecule has 4 heteroatoms. The number of benzene rings is 1. The molecule has 0 radical (unpaired) electrons. The van der Waals surface area contributed by atoms with Gasteiger partial charge in [0.15, 0.2) is 0 Å². The molecule has 0 unspecified atom stereocenters. The normalized spacial score (nSPS) is 15.2. The number of hydrogen-bond donors (Lipinski definition) is 2. The lowest BCUT2D eigenvalue weighted by atomic mass is 9.91. The number of amides is 1. The lowest BCUT2D eigenvalue weighted by Crippen LogP contribution is -2.45. The number of carbonyl (C=O) groups excluding carboxylic acids is 1. The molecule has 0 atom stereocenters. The smallest absolute Gasteiger partial charge is 0.238 e. The molecule has 1 aromatic rings. The Morgan fingerprint density at radius 1 is 1.40 bits per heavy atom. The van der Waals surface area contributed by atoms with Gasteiger partial charge in [0, 0.05) is 18.3 Å². The van der Waals surface area contributed by atoms with Gasteiger partial charge in [-0.25, -0.2) is 0 Å². The number of rotatable bonds is 7. The largest absolute Gasteiger partial charge is 0.330 e. The van der Waals surface area contributed by atoms with Crippen molar-refractivity contribution >= 4 is 11.6 Å². The first-order valence-corrected chi connectivity index (χ1v) is 7.50. The van der Waals surface area contributed by atoms with E-state index in [1.54, 1.807) is 0 Å². The number of anilines is 1. The molecule has 20 heavy (non-hydrogen) atoms. The topological polar surface area (TPSA) is 58.4 Å². The summed E-state index contributed by atoms with van der Waals surface area (Å²) in [6, 6.07) is 8.45. The van der Waals surface area contributed by atoms with E-state index in [-0.39, 0.29) is 5.91 Å². The summed E-state index contributed by atoms with van der Waals surface area (Å²) in [5.41, 5.74) is 7.59. The van der Waals surface area contributed by atoms with E-state index in [0.717, 1.165) is 24.2 Å². The maximum Gasteiger partial charge on any atom is 0.238 e. The van der Waals surface area contributed by atoms with Gasteiger partial charge in [-0.3, -0.25) is 9.69 Å². The molecule has 0 saturated heterocycles. The Bertz CT molecular complexity index is 443. The third kappa shape index (κ3) is 4.05. The monoisotopic (exact) mass is 275 g/mol. The molecule has 110 valence electrons. The number of nitrogens with one attached hydrogen (secondary N) is 1. The van der Waals surface area contributed by atoms with Crippen LogP contribution >= 0.6 is 0 Å². The van der Waals surface area contributed by atoms with Crippen LogP contribution in [0.2, 0.25) is 0 Å². The molecule has 0 spiro atoms. The molecular weight excluding hydrogens is 250 g/mol. The summed E-state index contributed by atoms with van der Waals surface area (Å²) in [7, 11) is 0. The fraction of sp³-hybridized carbons (Fsp3) is 0.562. The van der Waals surface area contributed by atoms with Crippen molar-refractivity contribution in [3.8, 4) is 0 Å². The van der Waals surface area contributed by atoms with Crippen molar-refractivity contribution in [1.82, 2.24) is 4.90 Å². The van der Waals surface area contributed by atoms with Crippen LogP contribution in [0.5, 0.6) is 0 Å². The first-order valence-electron chi connectivity index (χ1n) is 7.50. The van der Waals surface area contributed by atoms with Crippen molar-refractivity contribution in [2.45, 2.75) is 38.6 Å². The Morgan fingerprint density at radius 3 is 2.75 bits per heavy atom. The van der Waals surface area contributed by atoms with Gasteiger partial charge in [0.1, 0.15) is 0 Å². The number of carbonyl (C=O) groups is 1. The molecule has 1 fully saturated rings. The van der Waals surface area contributed by atoms with E-state index in [0.29, 0.717) is 19.1 Å². The van der Waals surface area contributed by atoms with Crippen molar-refractivity contribution < 1.29 is 4.79 Å². The Balaban J connectivity index is 1.89. The van der Waals surface area contributed by atoms with E-state index in [2.05, 4.69) is 10.2 Å². The number of para-hydroxylation sites is 1. The summed E-state index contributed by atoms with van der Waals surface area (Å²) in [6.45, 7) is 4.08. The molecule has 1 aliphatic carbocycles. The van der Waals surface area contributed by atoms with Crippen LogP contribution in [0.3, 0.4) is 0 Å². The second kappa shape index (κ2) is 7.41. The highest BCUT2D eigenvalue weighted by Gasteiger charge is 2.26. The molecule has 4 nitrogen and oxygen atoms in total. The fourth-order valence-corrected chi connectivity index (χ4v) is 2.52. The second-order valence-corrected chi connectivity index (χ2v) is 5.56. The maximum absolute atomic E-state index is 12.2. The van der Waals surface area contributed by atoms with Gasteiger partial charge >= 0.3 is 0 Å². The zero-order valence-electron chi connectivity index (χ0n) is 12.3. The molecule has 1 saturated carbocycles. The third-order valence-corrected chi connectivity index (χ3v) is 4.01. The Hall–Kier alpha value is -1.39. The molecule has 1 aliphatic rings. The van der Waals surface area contributed by atoms with Gasteiger partial charge in [-0.2, -0.15) is 0 Å². The van der Waals surface area contributed by atoms with Gasteiger partial charge in [0.05, 0.1) is 6.54 Å². The SMILES string of the molecule is Cc1ccccc1NC(=O)CN(CCCN)C1CCC1. The summed E-state index contributed by atoms with van der Waals surface area (Å²) >= 11 is 0. The van der Waals surface area contributed by atoms with E-state index in [9.17, 15) is 4.79 Å². The van der Waals surface area contributed by atoms with Crippen LogP contribution in [-0.4, -0.2) is 36.5 Å². The number of hydrogen-bond acceptors (Lipinski definition) is 3. The predicted molar refractivity (Wildman–Crippen MR) is 82.7 cm³/mol. The van der Waals surface area contributed by atoms with Crippen LogP contribution in [0.25, 0.3) is 0 Å². The standard InChI is InChI=1S/C16H25N3O/c1-13-6-2-3-9-15(13)18-16(20)12-19(11-5-10-17)14-7-4-8-14/h2-3,6,9,14H,4-5,7-8,10-12,17H2,1H3,(H,18,20). The highest BCUT2D eigenvalue weighted by atomic mass is 16.2. The average Bonchev–Trinajstić information content (AvgIpc) is 2.36. The molecule has 2 rings (SSSR count). The van der Waals surface area contributed by atoms with Crippen molar-refractivity contribution in [2.75, 3.05) is 25.0 Å². The zero-order chi connectivity index (χ0) is 14.4. The minimum absolute atomic E-state index is 0.0724. The highest BCUT2D eigenvalue weighted by Crippen LogP contribution is 2.24. The van der Waals surface area contributed by atoms with Gasteiger partial charge in [-0.15, -0.1) is 0 Å². The van der Waals surface area contributed by atoms with E-state index in [1.807, 2.05) is 31.2 Å². The van der Waals surface area contributed by atoms with E-state index in [4.69, 9.17) is 5.73 Å². The number of nitrogens with two attached hydrogens (primary N) is 1. The minimum atomic E-state index is 0.0724. The molecule has 1 amide bonds. The van der Waals surface area contributed by atoms with E-state index in [1.165, 1.54) is 19.3 Å². The van der Waals surface area contributed by atoms with Crippen molar-refractivity contribution in [2.24, 2.45) is 5.73 Å². The summed E-state index contributed by atoms with van der Waals surface area (Å²) < 4.78 is 0. The third-order valence-electron chi connectivity index (χ3n) is 4.01. The van der Waals surface area contributed by atoms with Gasteiger partial charge < -0.3 is 11.1 Å². The Labute approximate surface area is 121 Å². The van der Waals surface area contributed by atoms with E-state index >= 15 is 0 Å². The van der Waals surface area contributed by atoms with Gasteiger partial charge in [-0.05, 0) is 44.4 Å². The average molecular weight is 275 g/mol. The summed E-state index contributed by atoms with van der Waals surface area (Å²) in [5, 5.41) is 3.01. The van der Waals surface area contributed by atoms with Crippen molar-refractivity contribution in [3.05, 3.63) is 29.8 Å². The van der Waals surface area contributed by atoms with Crippen molar-refractivity contribution in [3.63, 3.8) is 0 Å². The first kappa shape index (κ1) is 15.0. The lowest BCUT2D eigenvalue weighted by molar-refractivity contribution is -0.118. The van der Waals surface area contributed by atoms with Crippen molar-refractivity contribution in [1.29, 1.82) is 0 Å². The molecule has 0 heterocycles. The van der Waals surface area contributed by atoms with Crippen LogP contribution in [0.15, 0.2) is 24.3 Å². The predicted octanol–water partition coefficient (Wildman–Crippen LogP) is 2.14. The minimum Gasteiger partial charge on any atom is -0.330 e.